The highest BCUT2D eigenvalue weighted by atomic mass is 15.1. The highest BCUT2D eigenvalue weighted by Crippen LogP contribution is 2.59. The molecule has 0 atom stereocenters. The largest absolute Gasteiger partial charge is 0.310 e. The van der Waals surface area contributed by atoms with E-state index in [1.807, 2.05) is 0 Å². The summed E-state index contributed by atoms with van der Waals surface area (Å²) >= 11 is 0. The van der Waals surface area contributed by atoms with Crippen LogP contribution in [0.4, 0.5) is 17.1 Å². The standard InChI is InChI=1S/C68H49N/c1-67(2)61-27-13-11-25-58(61)59-42-37-53(45-64(59)67)48-35-40-57(41-36-48)69(56-38-33-47(34-39-56)50-19-15-20-51(43-50)52-32-31-46-17-9-10-18-49(46)44-52)65-30-16-29-63-66(65)60-26-12-14-28-62(60)68(63,54-21-5-3-6-22-54)55-23-7-4-8-24-55/h3-45H,1-2H3. The van der Waals surface area contributed by atoms with Crippen LogP contribution in [0.25, 0.3) is 66.4 Å². The van der Waals surface area contributed by atoms with Crippen molar-refractivity contribution in [1.82, 2.24) is 0 Å². The van der Waals surface area contributed by atoms with Gasteiger partial charge in [-0.1, -0.05) is 226 Å². The van der Waals surface area contributed by atoms with E-state index in [9.17, 15) is 0 Å². The normalized spacial score (nSPS) is 13.6. The fourth-order valence-corrected chi connectivity index (χ4v) is 11.8. The van der Waals surface area contributed by atoms with E-state index in [1.165, 1.54) is 99.8 Å². The molecule has 0 unspecified atom stereocenters. The van der Waals surface area contributed by atoms with Gasteiger partial charge in [-0.05, 0) is 143 Å². The van der Waals surface area contributed by atoms with E-state index >= 15 is 0 Å². The Morgan fingerprint density at radius 2 is 0.768 bits per heavy atom. The summed E-state index contributed by atoms with van der Waals surface area (Å²) in [6.07, 6.45) is 0. The number of rotatable bonds is 8. The fourth-order valence-electron chi connectivity index (χ4n) is 11.8. The van der Waals surface area contributed by atoms with Crippen molar-refractivity contribution in [3.8, 4) is 55.6 Å². The van der Waals surface area contributed by atoms with Crippen LogP contribution in [0, 0.1) is 0 Å². The summed E-state index contributed by atoms with van der Waals surface area (Å²) in [4.78, 5) is 2.48. The Bertz CT molecular complexity index is 3690. The number of hydrogen-bond donors (Lipinski definition) is 0. The molecule has 0 N–H and O–H groups in total. The van der Waals surface area contributed by atoms with Crippen molar-refractivity contribution in [2.45, 2.75) is 24.7 Å². The monoisotopic (exact) mass is 879 g/mol. The first-order valence-electron chi connectivity index (χ1n) is 24.2. The molecule has 11 aromatic rings. The van der Waals surface area contributed by atoms with E-state index in [-0.39, 0.29) is 5.41 Å². The van der Waals surface area contributed by atoms with Crippen molar-refractivity contribution >= 4 is 27.8 Å². The number of benzene rings is 11. The van der Waals surface area contributed by atoms with Crippen LogP contribution in [0.15, 0.2) is 261 Å². The Morgan fingerprint density at radius 3 is 1.45 bits per heavy atom. The van der Waals surface area contributed by atoms with Gasteiger partial charge in [0.15, 0.2) is 0 Å². The highest BCUT2D eigenvalue weighted by Gasteiger charge is 2.47. The van der Waals surface area contributed by atoms with Crippen LogP contribution < -0.4 is 4.90 Å². The van der Waals surface area contributed by atoms with Gasteiger partial charge < -0.3 is 4.90 Å². The first-order chi connectivity index (χ1) is 34.0. The van der Waals surface area contributed by atoms with E-state index < -0.39 is 5.41 Å². The molecule has 69 heavy (non-hydrogen) atoms. The first-order valence-corrected chi connectivity index (χ1v) is 24.2. The molecule has 2 aliphatic carbocycles. The van der Waals surface area contributed by atoms with Crippen molar-refractivity contribution < 1.29 is 0 Å². The Balaban J connectivity index is 0.959. The molecule has 0 heterocycles. The molecule has 0 aromatic heterocycles. The molecule has 0 aliphatic heterocycles. The molecule has 0 radical (unpaired) electrons. The second-order valence-corrected chi connectivity index (χ2v) is 19.2. The molecule has 0 bridgehead atoms. The maximum atomic E-state index is 2.48. The molecule has 0 spiro atoms. The molecule has 326 valence electrons. The van der Waals surface area contributed by atoms with Gasteiger partial charge >= 0.3 is 0 Å². The minimum absolute atomic E-state index is 0.0682. The first kappa shape index (κ1) is 40.7. The Labute approximate surface area is 405 Å². The summed E-state index contributed by atoms with van der Waals surface area (Å²) in [5.74, 6) is 0. The minimum Gasteiger partial charge on any atom is -0.310 e. The SMILES string of the molecule is CC1(C)c2ccccc2-c2ccc(-c3ccc(N(c4ccc(-c5cccc(-c6ccc7ccccc7c6)c5)cc4)c4cccc5c4-c4ccccc4C5(c4ccccc4)c4ccccc4)cc3)cc21. The lowest BCUT2D eigenvalue weighted by Crippen LogP contribution is -2.28. The molecule has 0 saturated heterocycles. The molecular weight excluding hydrogens is 831 g/mol. The third kappa shape index (κ3) is 6.46. The third-order valence-electron chi connectivity index (χ3n) is 15.1. The molecule has 11 aromatic carbocycles. The molecule has 2 aliphatic rings. The van der Waals surface area contributed by atoms with Gasteiger partial charge in [-0.2, -0.15) is 0 Å². The van der Waals surface area contributed by atoms with E-state index in [0.717, 1.165) is 17.1 Å². The summed E-state index contributed by atoms with van der Waals surface area (Å²) in [5, 5.41) is 2.50. The fraction of sp³-hybridized carbons (Fsp3) is 0.0588. The zero-order valence-electron chi connectivity index (χ0n) is 38.8. The van der Waals surface area contributed by atoms with Crippen molar-refractivity contribution in [3.05, 3.63) is 294 Å². The van der Waals surface area contributed by atoms with Gasteiger partial charge in [-0.3, -0.25) is 0 Å². The van der Waals surface area contributed by atoms with Crippen LogP contribution in [0.3, 0.4) is 0 Å². The highest BCUT2D eigenvalue weighted by molar-refractivity contribution is 5.98. The molecule has 0 amide bonds. The molecular formula is C68H49N. The van der Waals surface area contributed by atoms with E-state index in [4.69, 9.17) is 0 Å². The van der Waals surface area contributed by atoms with Crippen LogP contribution in [0.2, 0.25) is 0 Å². The number of anilines is 3. The summed E-state index contributed by atoms with van der Waals surface area (Å²) in [6, 6.07) is 96.8. The summed E-state index contributed by atoms with van der Waals surface area (Å²) < 4.78 is 0. The van der Waals surface area contributed by atoms with Gasteiger partial charge in [-0.25, -0.2) is 0 Å². The van der Waals surface area contributed by atoms with Crippen LogP contribution in [-0.2, 0) is 10.8 Å². The summed E-state index contributed by atoms with van der Waals surface area (Å²) in [5.41, 5.74) is 23.0. The lowest BCUT2D eigenvalue weighted by atomic mass is 9.68. The maximum absolute atomic E-state index is 2.48. The van der Waals surface area contributed by atoms with Crippen LogP contribution in [-0.4, -0.2) is 0 Å². The second kappa shape index (κ2) is 16.1. The van der Waals surface area contributed by atoms with Gasteiger partial charge in [0, 0.05) is 22.4 Å². The quantitative estimate of drug-likeness (QED) is 0.147. The molecule has 0 saturated carbocycles. The lowest BCUT2D eigenvalue weighted by Gasteiger charge is -2.34. The van der Waals surface area contributed by atoms with E-state index in [2.05, 4.69) is 280 Å². The van der Waals surface area contributed by atoms with Gasteiger partial charge in [0.05, 0.1) is 11.1 Å². The third-order valence-corrected chi connectivity index (χ3v) is 15.1. The van der Waals surface area contributed by atoms with E-state index in [0.29, 0.717) is 0 Å². The summed E-state index contributed by atoms with van der Waals surface area (Å²) in [7, 11) is 0. The second-order valence-electron chi connectivity index (χ2n) is 19.2. The van der Waals surface area contributed by atoms with Crippen molar-refractivity contribution in [2.24, 2.45) is 0 Å². The lowest BCUT2D eigenvalue weighted by molar-refractivity contribution is 0.660. The molecule has 1 nitrogen and oxygen atoms in total. The van der Waals surface area contributed by atoms with Gasteiger partial charge in [-0.15, -0.1) is 0 Å². The Hall–Kier alpha value is -8.52. The van der Waals surface area contributed by atoms with E-state index in [1.54, 1.807) is 0 Å². The Kier molecular flexibility index (Phi) is 9.49. The predicted octanol–water partition coefficient (Wildman–Crippen LogP) is 18.0. The maximum Gasteiger partial charge on any atom is 0.0714 e. The number of nitrogens with zero attached hydrogens (tertiary/aromatic N) is 1. The van der Waals surface area contributed by atoms with Crippen LogP contribution >= 0.6 is 0 Å². The number of hydrogen-bond acceptors (Lipinski definition) is 1. The Morgan fingerprint density at radius 1 is 0.290 bits per heavy atom. The van der Waals surface area contributed by atoms with Crippen molar-refractivity contribution in [2.75, 3.05) is 4.90 Å². The average molecular weight is 880 g/mol. The zero-order valence-corrected chi connectivity index (χ0v) is 38.8. The predicted molar refractivity (Wildman–Crippen MR) is 290 cm³/mol. The minimum atomic E-state index is -0.513. The van der Waals surface area contributed by atoms with Crippen molar-refractivity contribution in [3.63, 3.8) is 0 Å². The van der Waals surface area contributed by atoms with Crippen molar-refractivity contribution in [1.29, 1.82) is 0 Å². The molecule has 13 rings (SSSR count). The topological polar surface area (TPSA) is 3.24 Å². The number of fused-ring (bicyclic) bond motifs is 7. The van der Waals surface area contributed by atoms with Gasteiger partial charge in [0.1, 0.15) is 0 Å². The summed E-state index contributed by atoms with van der Waals surface area (Å²) in [6.45, 7) is 4.71. The zero-order chi connectivity index (χ0) is 46.1. The smallest absolute Gasteiger partial charge is 0.0714 e. The average Bonchev–Trinajstić information content (AvgIpc) is 3.85. The van der Waals surface area contributed by atoms with Gasteiger partial charge in [0.25, 0.3) is 0 Å². The van der Waals surface area contributed by atoms with Crippen LogP contribution in [0.1, 0.15) is 47.2 Å². The van der Waals surface area contributed by atoms with Crippen LogP contribution in [0.5, 0.6) is 0 Å². The molecule has 0 fully saturated rings. The van der Waals surface area contributed by atoms with Gasteiger partial charge in [0.2, 0.25) is 0 Å². The molecule has 1 heteroatoms.